The molecule has 0 radical (unpaired) electrons. The molecule has 1 aliphatic rings. The van der Waals surface area contributed by atoms with Crippen LogP contribution in [-0.2, 0) is 14.4 Å². The van der Waals surface area contributed by atoms with Crippen LogP contribution in [0.4, 0.5) is 5.69 Å². The summed E-state index contributed by atoms with van der Waals surface area (Å²) in [6, 6.07) is 12.4. The van der Waals surface area contributed by atoms with E-state index in [9.17, 15) is 14.4 Å². The third-order valence-electron chi connectivity index (χ3n) is 3.82. The number of hydrogen-bond acceptors (Lipinski definition) is 5. The molecule has 2 N–H and O–H groups in total. The summed E-state index contributed by atoms with van der Waals surface area (Å²) in [5.41, 5.74) is 2.39. The first-order chi connectivity index (χ1) is 14.3. The average molecular weight is 444 g/mol. The van der Waals surface area contributed by atoms with Gasteiger partial charge in [-0.2, -0.15) is 4.99 Å². The normalized spacial score (nSPS) is 14.4. The lowest BCUT2D eigenvalue weighted by Gasteiger charge is -2.10. The van der Waals surface area contributed by atoms with Gasteiger partial charge in [-0.05, 0) is 60.2 Å². The van der Waals surface area contributed by atoms with Gasteiger partial charge in [-0.3, -0.25) is 14.4 Å². The second kappa shape index (κ2) is 9.60. The second-order valence-corrected chi connectivity index (χ2v) is 7.85. The van der Waals surface area contributed by atoms with Gasteiger partial charge >= 0.3 is 0 Å². The van der Waals surface area contributed by atoms with Crippen LogP contribution in [-0.4, -0.2) is 29.5 Å². The van der Waals surface area contributed by atoms with E-state index in [1.165, 1.54) is 6.92 Å². The number of thioether (sulfide) groups is 1. The summed E-state index contributed by atoms with van der Waals surface area (Å²) in [4.78, 5) is 39.2. The number of benzene rings is 2. The monoisotopic (exact) mass is 443 g/mol. The van der Waals surface area contributed by atoms with E-state index < -0.39 is 5.91 Å². The molecule has 30 heavy (non-hydrogen) atoms. The topological polar surface area (TPSA) is 96.9 Å². The molecule has 0 spiro atoms. The number of ether oxygens (including phenoxy) is 1. The minimum atomic E-state index is -0.437. The Bertz CT molecular complexity index is 1080. The maximum absolute atomic E-state index is 12.1. The number of carbonyl (C=O) groups is 3. The van der Waals surface area contributed by atoms with Crippen LogP contribution in [0.2, 0.25) is 5.02 Å². The van der Waals surface area contributed by atoms with Crippen LogP contribution < -0.4 is 15.4 Å². The number of carbonyl (C=O) groups excluding carboxylic acids is 3. The fourth-order valence-corrected chi connectivity index (χ4v) is 3.65. The fourth-order valence-electron chi connectivity index (χ4n) is 2.55. The quantitative estimate of drug-likeness (QED) is 0.685. The third-order valence-corrected chi connectivity index (χ3v) is 5.01. The highest BCUT2D eigenvalue weighted by Gasteiger charge is 2.22. The van der Waals surface area contributed by atoms with Crippen LogP contribution >= 0.6 is 23.4 Å². The zero-order valence-corrected chi connectivity index (χ0v) is 17.8. The summed E-state index contributed by atoms with van der Waals surface area (Å²) in [5.74, 6) is -0.698. The predicted molar refractivity (Wildman–Crippen MR) is 119 cm³/mol. The first-order valence-electron chi connectivity index (χ1n) is 8.89. The Hall–Kier alpha value is -3.10. The van der Waals surface area contributed by atoms with Crippen molar-refractivity contribution in [3.8, 4) is 5.75 Å². The molecule has 0 aliphatic carbocycles. The van der Waals surface area contributed by atoms with Gasteiger partial charge in [0.2, 0.25) is 5.91 Å². The van der Waals surface area contributed by atoms with Gasteiger partial charge in [0, 0.05) is 12.6 Å². The van der Waals surface area contributed by atoms with Crippen molar-refractivity contribution < 1.29 is 19.1 Å². The highest BCUT2D eigenvalue weighted by Crippen LogP contribution is 2.30. The van der Waals surface area contributed by atoms with Crippen LogP contribution in [0.1, 0.15) is 18.1 Å². The number of amidine groups is 1. The SMILES string of the molecule is CC(=O)NC1=NC(=O)C(=Cc2ccc(OCC(=O)Nc3cccc(C)c3)c(Cl)c2)S1. The molecular formula is C21H18ClN3O4S. The Kier molecular flexibility index (Phi) is 6.91. The Balaban J connectivity index is 1.60. The number of aryl methyl sites for hydroxylation is 1. The zero-order valence-electron chi connectivity index (χ0n) is 16.2. The van der Waals surface area contributed by atoms with Gasteiger partial charge < -0.3 is 15.4 Å². The van der Waals surface area contributed by atoms with Gasteiger partial charge in [0.05, 0.1) is 9.93 Å². The number of amides is 3. The minimum Gasteiger partial charge on any atom is -0.482 e. The van der Waals surface area contributed by atoms with Crippen molar-refractivity contribution in [3.63, 3.8) is 0 Å². The van der Waals surface area contributed by atoms with Crippen LogP contribution in [0, 0.1) is 6.92 Å². The van der Waals surface area contributed by atoms with Crippen molar-refractivity contribution in [3.05, 3.63) is 63.5 Å². The van der Waals surface area contributed by atoms with Gasteiger partial charge in [-0.1, -0.05) is 29.8 Å². The first kappa shape index (κ1) is 21.6. The van der Waals surface area contributed by atoms with Crippen LogP contribution in [0.25, 0.3) is 6.08 Å². The zero-order chi connectivity index (χ0) is 21.7. The van der Waals surface area contributed by atoms with Crippen molar-refractivity contribution in [1.29, 1.82) is 0 Å². The van der Waals surface area contributed by atoms with E-state index in [0.29, 0.717) is 26.9 Å². The molecule has 0 saturated heterocycles. The molecule has 7 nitrogen and oxygen atoms in total. The third kappa shape index (κ3) is 5.95. The lowest BCUT2D eigenvalue weighted by Crippen LogP contribution is -2.23. The Morgan fingerprint density at radius 2 is 2.00 bits per heavy atom. The molecule has 1 aliphatic heterocycles. The Morgan fingerprint density at radius 1 is 1.20 bits per heavy atom. The lowest BCUT2D eigenvalue weighted by molar-refractivity contribution is -0.118. The van der Waals surface area contributed by atoms with Crippen molar-refractivity contribution in [2.24, 2.45) is 4.99 Å². The molecule has 9 heteroatoms. The fraction of sp³-hybridized carbons (Fsp3) is 0.143. The van der Waals surface area contributed by atoms with Crippen LogP contribution in [0.15, 0.2) is 52.4 Å². The molecular weight excluding hydrogens is 426 g/mol. The summed E-state index contributed by atoms with van der Waals surface area (Å²) < 4.78 is 5.50. The number of nitrogens with zero attached hydrogens (tertiary/aromatic N) is 1. The number of rotatable bonds is 5. The molecule has 3 amide bonds. The van der Waals surface area contributed by atoms with E-state index >= 15 is 0 Å². The molecule has 0 bridgehead atoms. The largest absolute Gasteiger partial charge is 0.482 e. The smallest absolute Gasteiger partial charge is 0.286 e. The van der Waals surface area contributed by atoms with Crippen molar-refractivity contribution >= 4 is 58.0 Å². The molecule has 0 aromatic heterocycles. The van der Waals surface area contributed by atoms with Crippen LogP contribution in [0.5, 0.6) is 5.75 Å². The standard InChI is InChI=1S/C21H18ClN3O4S/c1-12-4-3-5-15(8-12)24-19(27)11-29-17-7-6-14(9-16(17)22)10-18-20(28)25-21(30-18)23-13(2)26/h3-10H,11H2,1-2H3,(H,24,27)(H,23,25,26,28). The molecule has 1 heterocycles. The average Bonchev–Trinajstić information content (AvgIpc) is 2.99. The second-order valence-electron chi connectivity index (χ2n) is 6.41. The number of aliphatic imine (C=N–C) groups is 1. The van der Waals surface area contributed by atoms with Crippen LogP contribution in [0.3, 0.4) is 0 Å². The summed E-state index contributed by atoms with van der Waals surface area (Å²) >= 11 is 7.32. The van der Waals surface area contributed by atoms with Gasteiger partial charge in [0.1, 0.15) is 5.75 Å². The molecule has 0 fully saturated rings. The van der Waals surface area contributed by atoms with Gasteiger partial charge in [-0.15, -0.1) is 0 Å². The molecule has 0 unspecified atom stereocenters. The summed E-state index contributed by atoms with van der Waals surface area (Å²) in [6.07, 6.45) is 1.62. The molecule has 0 atom stereocenters. The van der Waals surface area contributed by atoms with E-state index in [1.807, 2.05) is 25.1 Å². The summed E-state index contributed by atoms with van der Waals surface area (Å²) in [6.45, 7) is 3.08. The minimum absolute atomic E-state index is 0.198. The summed E-state index contributed by atoms with van der Waals surface area (Å²) in [7, 11) is 0. The molecule has 0 saturated carbocycles. The maximum Gasteiger partial charge on any atom is 0.286 e. The first-order valence-corrected chi connectivity index (χ1v) is 10.1. The molecule has 3 rings (SSSR count). The number of nitrogens with one attached hydrogen (secondary N) is 2. The van der Waals surface area contributed by atoms with Crippen molar-refractivity contribution in [2.75, 3.05) is 11.9 Å². The molecule has 154 valence electrons. The van der Waals surface area contributed by atoms with E-state index in [4.69, 9.17) is 16.3 Å². The highest BCUT2D eigenvalue weighted by molar-refractivity contribution is 8.18. The van der Waals surface area contributed by atoms with Crippen molar-refractivity contribution in [1.82, 2.24) is 5.32 Å². The van der Waals surface area contributed by atoms with E-state index in [0.717, 1.165) is 17.3 Å². The van der Waals surface area contributed by atoms with E-state index in [2.05, 4.69) is 15.6 Å². The lowest BCUT2D eigenvalue weighted by atomic mass is 10.2. The van der Waals surface area contributed by atoms with Gasteiger partial charge in [0.15, 0.2) is 11.8 Å². The maximum atomic E-state index is 12.1. The van der Waals surface area contributed by atoms with Gasteiger partial charge in [-0.25, -0.2) is 0 Å². The number of halogens is 1. The Labute approximate surface area is 182 Å². The molecule has 2 aromatic carbocycles. The number of hydrogen-bond donors (Lipinski definition) is 2. The van der Waals surface area contributed by atoms with Gasteiger partial charge in [0.25, 0.3) is 11.8 Å². The van der Waals surface area contributed by atoms with Crippen molar-refractivity contribution in [2.45, 2.75) is 13.8 Å². The molecule has 2 aromatic rings. The Morgan fingerprint density at radius 3 is 2.70 bits per heavy atom. The summed E-state index contributed by atoms with van der Waals surface area (Å²) in [5, 5.41) is 5.78. The predicted octanol–water partition coefficient (Wildman–Crippen LogP) is 3.77. The number of anilines is 1. The highest BCUT2D eigenvalue weighted by atomic mass is 35.5. The van der Waals surface area contributed by atoms with E-state index in [-0.39, 0.29) is 23.6 Å². The van der Waals surface area contributed by atoms with E-state index in [1.54, 1.807) is 30.3 Å².